The predicted molar refractivity (Wildman–Crippen MR) is 75.5 cm³/mol. The molecule has 0 aliphatic rings. The first-order chi connectivity index (χ1) is 8.79. The number of hydrogen-bond acceptors (Lipinski definition) is 4. The number of aromatic carboxylic acids is 1. The Bertz CT molecular complexity index is 449. The van der Waals surface area contributed by atoms with E-state index in [2.05, 4.69) is 10.6 Å². The molecule has 0 aliphatic heterocycles. The van der Waals surface area contributed by atoms with Gasteiger partial charge in [0.15, 0.2) is 0 Å². The smallest absolute Gasteiger partial charge is 0.346 e. The Balaban J connectivity index is 2.30. The van der Waals surface area contributed by atoms with Gasteiger partial charge in [0.25, 0.3) is 0 Å². The summed E-state index contributed by atoms with van der Waals surface area (Å²) in [6.07, 6.45) is 0.379. The number of carboxylic acids is 1. The van der Waals surface area contributed by atoms with Crippen LogP contribution in [0.25, 0.3) is 0 Å². The van der Waals surface area contributed by atoms with Crippen molar-refractivity contribution in [2.24, 2.45) is 0 Å². The van der Waals surface area contributed by atoms with E-state index in [-0.39, 0.29) is 11.4 Å². The Kier molecular flexibility index (Phi) is 5.50. The number of thiophene rings is 1. The van der Waals surface area contributed by atoms with Gasteiger partial charge in [-0.3, -0.25) is 4.79 Å². The van der Waals surface area contributed by atoms with E-state index in [0.717, 1.165) is 5.56 Å². The molecule has 19 heavy (non-hydrogen) atoms. The molecular formula is C13H20N2O3S. The standard InChI is InChI=1S/C13H20N2O3S/c1-13(2,3)15-10(16)4-6-14-8-9-5-7-19-11(9)12(17)18/h5,7,14H,4,6,8H2,1-3H3,(H,15,16)(H,17,18). The number of rotatable bonds is 6. The molecule has 0 radical (unpaired) electrons. The average Bonchev–Trinajstić information content (AvgIpc) is 2.70. The van der Waals surface area contributed by atoms with Crippen LogP contribution in [0.15, 0.2) is 11.4 Å². The molecule has 0 atom stereocenters. The first kappa shape index (κ1) is 15.7. The van der Waals surface area contributed by atoms with E-state index in [1.54, 1.807) is 11.4 Å². The second kappa shape index (κ2) is 6.68. The van der Waals surface area contributed by atoms with Crippen LogP contribution in [0.4, 0.5) is 0 Å². The Morgan fingerprint density at radius 2 is 2.05 bits per heavy atom. The predicted octanol–water partition coefficient (Wildman–Crippen LogP) is 1.84. The summed E-state index contributed by atoms with van der Waals surface area (Å²) in [4.78, 5) is 22.8. The normalized spacial score (nSPS) is 11.3. The highest BCUT2D eigenvalue weighted by Gasteiger charge is 2.14. The summed E-state index contributed by atoms with van der Waals surface area (Å²) in [5, 5.41) is 16.7. The van der Waals surface area contributed by atoms with Crippen molar-refractivity contribution >= 4 is 23.2 Å². The van der Waals surface area contributed by atoms with Crippen molar-refractivity contribution in [1.82, 2.24) is 10.6 Å². The van der Waals surface area contributed by atoms with Gasteiger partial charge in [0.2, 0.25) is 5.91 Å². The molecule has 1 amide bonds. The number of carbonyl (C=O) groups is 2. The molecule has 0 fully saturated rings. The van der Waals surface area contributed by atoms with E-state index < -0.39 is 5.97 Å². The first-order valence-electron chi connectivity index (χ1n) is 6.11. The van der Waals surface area contributed by atoms with Gasteiger partial charge < -0.3 is 15.7 Å². The highest BCUT2D eigenvalue weighted by molar-refractivity contribution is 7.12. The lowest BCUT2D eigenvalue weighted by Crippen LogP contribution is -2.41. The second-order valence-electron chi connectivity index (χ2n) is 5.31. The molecular weight excluding hydrogens is 264 g/mol. The number of carbonyl (C=O) groups excluding carboxylic acids is 1. The molecule has 0 spiro atoms. The van der Waals surface area contributed by atoms with Crippen LogP contribution in [0.1, 0.15) is 42.4 Å². The quantitative estimate of drug-likeness (QED) is 0.697. The minimum Gasteiger partial charge on any atom is -0.477 e. The Morgan fingerprint density at radius 1 is 1.37 bits per heavy atom. The van der Waals surface area contributed by atoms with Crippen LogP contribution in [0.2, 0.25) is 0 Å². The van der Waals surface area contributed by atoms with E-state index in [0.29, 0.717) is 24.4 Å². The fraction of sp³-hybridized carbons (Fsp3) is 0.538. The maximum absolute atomic E-state index is 11.6. The van der Waals surface area contributed by atoms with Gasteiger partial charge in [-0.05, 0) is 37.8 Å². The topological polar surface area (TPSA) is 78.4 Å². The van der Waals surface area contributed by atoms with E-state index >= 15 is 0 Å². The molecule has 3 N–H and O–H groups in total. The van der Waals surface area contributed by atoms with Crippen molar-refractivity contribution in [3.05, 3.63) is 21.9 Å². The molecule has 1 aromatic heterocycles. The van der Waals surface area contributed by atoms with E-state index in [9.17, 15) is 9.59 Å². The number of hydrogen-bond donors (Lipinski definition) is 3. The zero-order chi connectivity index (χ0) is 14.5. The van der Waals surface area contributed by atoms with Crippen molar-refractivity contribution in [2.45, 2.75) is 39.3 Å². The van der Waals surface area contributed by atoms with Gasteiger partial charge in [-0.2, -0.15) is 0 Å². The zero-order valence-corrected chi connectivity index (χ0v) is 12.3. The van der Waals surface area contributed by atoms with Gasteiger partial charge in [0.05, 0.1) is 0 Å². The van der Waals surface area contributed by atoms with Crippen LogP contribution in [0, 0.1) is 0 Å². The van der Waals surface area contributed by atoms with Gasteiger partial charge in [-0.15, -0.1) is 11.3 Å². The molecule has 1 heterocycles. The molecule has 0 bridgehead atoms. The van der Waals surface area contributed by atoms with Crippen LogP contribution >= 0.6 is 11.3 Å². The molecule has 1 rings (SSSR count). The molecule has 1 aromatic rings. The van der Waals surface area contributed by atoms with Crippen molar-refractivity contribution in [2.75, 3.05) is 6.54 Å². The zero-order valence-electron chi connectivity index (χ0n) is 11.4. The largest absolute Gasteiger partial charge is 0.477 e. The van der Waals surface area contributed by atoms with Gasteiger partial charge in [-0.25, -0.2) is 4.79 Å². The Hall–Kier alpha value is -1.40. The van der Waals surface area contributed by atoms with Crippen LogP contribution in [0.5, 0.6) is 0 Å². The van der Waals surface area contributed by atoms with E-state index in [1.165, 1.54) is 11.3 Å². The average molecular weight is 284 g/mol. The summed E-state index contributed by atoms with van der Waals surface area (Å²) >= 11 is 1.21. The highest BCUT2D eigenvalue weighted by atomic mass is 32.1. The van der Waals surface area contributed by atoms with Crippen LogP contribution in [-0.4, -0.2) is 29.1 Å². The molecule has 106 valence electrons. The fourth-order valence-corrected chi connectivity index (χ4v) is 2.33. The van der Waals surface area contributed by atoms with Gasteiger partial charge in [-0.1, -0.05) is 0 Å². The molecule has 0 unspecified atom stereocenters. The Morgan fingerprint density at radius 3 is 2.63 bits per heavy atom. The van der Waals surface area contributed by atoms with Crippen molar-refractivity contribution in [3.63, 3.8) is 0 Å². The highest BCUT2D eigenvalue weighted by Crippen LogP contribution is 2.16. The summed E-state index contributed by atoms with van der Waals surface area (Å²) in [7, 11) is 0. The first-order valence-corrected chi connectivity index (χ1v) is 6.99. The van der Waals surface area contributed by atoms with Crippen LogP contribution in [-0.2, 0) is 11.3 Å². The van der Waals surface area contributed by atoms with Crippen LogP contribution < -0.4 is 10.6 Å². The lowest BCUT2D eigenvalue weighted by Gasteiger charge is -2.20. The minimum atomic E-state index is -0.905. The van der Waals surface area contributed by atoms with Gasteiger partial charge in [0, 0.05) is 25.0 Å². The van der Waals surface area contributed by atoms with Crippen molar-refractivity contribution < 1.29 is 14.7 Å². The third kappa shape index (κ3) is 5.85. The molecule has 6 heteroatoms. The summed E-state index contributed by atoms with van der Waals surface area (Å²) in [6.45, 7) is 6.79. The minimum absolute atomic E-state index is 0.0104. The number of carboxylic acid groups (broad SMARTS) is 1. The molecule has 0 saturated carbocycles. The monoisotopic (exact) mass is 284 g/mol. The van der Waals surface area contributed by atoms with Crippen molar-refractivity contribution in [1.29, 1.82) is 0 Å². The van der Waals surface area contributed by atoms with E-state index in [1.807, 2.05) is 20.8 Å². The fourth-order valence-electron chi connectivity index (χ4n) is 1.57. The van der Waals surface area contributed by atoms with Crippen LogP contribution in [0.3, 0.4) is 0 Å². The summed E-state index contributed by atoms with van der Waals surface area (Å²) in [5.41, 5.74) is 0.537. The van der Waals surface area contributed by atoms with Gasteiger partial charge in [0.1, 0.15) is 4.88 Å². The third-order valence-corrected chi connectivity index (χ3v) is 3.24. The molecule has 0 saturated heterocycles. The number of amides is 1. The molecule has 5 nitrogen and oxygen atoms in total. The molecule has 0 aliphatic carbocycles. The number of nitrogens with one attached hydrogen (secondary N) is 2. The maximum Gasteiger partial charge on any atom is 0.346 e. The van der Waals surface area contributed by atoms with Crippen molar-refractivity contribution in [3.8, 4) is 0 Å². The maximum atomic E-state index is 11.6. The second-order valence-corrected chi connectivity index (χ2v) is 6.22. The van der Waals surface area contributed by atoms with Gasteiger partial charge >= 0.3 is 5.97 Å². The summed E-state index contributed by atoms with van der Waals surface area (Å²) < 4.78 is 0. The molecule has 0 aromatic carbocycles. The SMILES string of the molecule is CC(C)(C)NC(=O)CCNCc1ccsc1C(=O)O. The lowest BCUT2D eigenvalue weighted by molar-refractivity contribution is -0.122. The summed E-state index contributed by atoms with van der Waals surface area (Å²) in [5.74, 6) is -0.916. The van der Waals surface area contributed by atoms with E-state index in [4.69, 9.17) is 5.11 Å². The third-order valence-electron chi connectivity index (χ3n) is 2.30. The lowest BCUT2D eigenvalue weighted by atomic mass is 10.1. The Labute approximate surface area is 117 Å². The summed E-state index contributed by atoms with van der Waals surface area (Å²) in [6, 6.07) is 1.79.